The van der Waals surface area contributed by atoms with Gasteiger partial charge in [0.2, 0.25) is 0 Å². The van der Waals surface area contributed by atoms with Crippen molar-refractivity contribution in [2.24, 2.45) is 17.8 Å². The average molecular weight is 245 g/mol. The first-order chi connectivity index (χ1) is 8.74. The lowest BCUT2D eigenvalue weighted by molar-refractivity contribution is 0.389. The number of allylic oxidation sites excluding steroid dienone is 2. The van der Waals surface area contributed by atoms with Gasteiger partial charge in [0.15, 0.2) is 0 Å². The van der Waals surface area contributed by atoms with Crippen molar-refractivity contribution in [2.75, 3.05) is 6.54 Å². The fourth-order valence-electron chi connectivity index (χ4n) is 3.39. The van der Waals surface area contributed by atoms with Gasteiger partial charge in [-0.1, -0.05) is 30.4 Å². The summed E-state index contributed by atoms with van der Waals surface area (Å²) in [5, 5.41) is 3.49. The van der Waals surface area contributed by atoms with E-state index in [-0.39, 0.29) is 11.9 Å². The monoisotopic (exact) mass is 245 g/mol. The zero-order valence-corrected chi connectivity index (χ0v) is 10.8. The summed E-state index contributed by atoms with van der Waals surface area (Å²) in [6, 6.07) is 7.14. The minimum atomic E-state index is -0.106. The molecular weight excluding hydrogens is 225 g/mol. The van der Waals surface area contributed by atoms with E-state index in [0.717, 1.165) is 29.9 Å². The molecule has 1 N–H and O–H groups in total. The lowest BCUT2D eigenvalue weighted by Crippen LogP contribution is -2.28. The molecule has 0 radical (unpaired) electrons. The molecule has 0 amide bonds. The fourth-order valence-corrected chi connectivity index (χ4v) is 3.39. The van der Waals surface area contributed by atoms with Crippen molar-refractivity contribution in [1.82, 2.24) is 5.32 Å². The van der Waals surface area contributed by atoms with E-state index >= 15 is 0 Å². The Bertz CT molecular complexity index is 454. The van der Waals surface area contributed by atoms with E-state index in [1.54, 1.807) is 6.07 Å². The van der Waals surface area contributed by atoms with Crippen LogP contribution in [0, 0.1) is 23.6 Å². The predicted molar refractivity (Wildman–Crippen MR) is 71.7 cm³/mol. The van der Waals surface area contributed by atoms with E-state index < -0.39 is 0 Å². The molecule has 3 rings (SSSR count). The summed E-state index contributed by atoms with van der Waals surface area (Å²) in [5.41, 5.74) is 0.774. The lowest BCUT2D eigenvalue weighted by atomic mass is 9.93. The molecule has 96 valence electrons. The third kappa shape index (κ3) is 2.22. The predicted octanol–water partition coefficient (Wildman–Crippen LogP) is 3.69. The number of nitrogens with one attached hydrogen (secondary N) is 1. The smallest absolute Gasteiger partial charge is 0.127 e. The molecule has 0 saturated heterocycles. The summed E-state index contributed by atoms with van der Waals surface area (Å²) < 4.78 is 13.6. The highest BCUT2D eigenvalue weighted by molar-refractivity contribution is 5.20. The Hall–Kier alpha value is -1.15. The summed E-state index contributed by atoms with van der Waals surface area (Å²) >= 11 is 0. The molecule has 1 saturated carbocycles. The van der Waals surface area contributed by atoms with E-state index in [1.807, 2.05) is 19.1 Å². The van der Waals surface area contributed by atoms with Gasteiger partial charge in [0, 0.05) is 11.6 Å². The summed E-state index contributed by atoms with van der Waals surface area (Å²) in [6.07, 6.45) is 7.37. The molecule has 1 aromatic rings. The molecule has 18 heavy (non-hydrogen) atoms. The summed E-state index contributed by atoms with van der Waals surface area (Å²) in [4.78, 5) is 0. The molecule has 0 aromatic heterocycles. The van der Waals surface area contributed by atoms with Gasteiger partial charge in [-0.2, -0.15) is 0 Å². The Morgan fingerprint density at radius 2 is 2.11 bits per heavy atom. The maximum Gasteiger partial charge on any atom is 0.127 e. The van der Waals surface area contributed by atoms with Crippen molar-refractivity contribution in [1.29, 1.82) is 0 Å². The Labute approximate surface area is 108 Å². The molecule has 2 bridgehead atoms. The van der Waals surface area contributed by atoms with E-state index in [0.29, 0.717) is 0 Å². The van der Waals surface area contributed by atoms with Crippen LogP contribution >= 0.6 is 0 Å². The summed E-state index contributed by atoms with van der Waals surface area (Å²) in [7, 11) is 0. The van der Waals surface area contributed by atoms with Crippen LogP contribution < -0.4 is 5.32 Å². The number of halogens is 1. The van der Waals surface area contributed by atoms with Gasteiger partial charge in [0.05, 0.1) is 0 Å². The van der Waals surface area contributed by atoms with Crippen LogP contribution in [0.15, 0.2) is 36.4 Å². The molecule has 2 heteroatoms. The molecule has 1 fully saturated rings. The van der Waals surface area contributed by atoms with Crippen LogP contribution in [0.25, 0.3) is 0 Å². The second-order valence-corrected chi connectivity index (χ2v) is 5.69. The Kier molecular flexibility index (Phi) is 3.21. The minimum Gasteiger partial charge on any atom is -0.310 e. The number of rotatable bonds is 4. The lowest BCUT2D eigenvalue weighted by Gasteiger charge is -2.22. The van der Waals surface area contributed by atoms with E-state index in [4.69, 9.17) is 0 Å². The fraction of sp³-hybridized carbons (Fsp3) is 0.500. The van der Waals surface area contributed by atoms with Gasteiger partial charge in [-0.25, -0.2) is 4.39 Å². The molecule has 1 nitrogen and oxygen atoms in total. The highest BCUT2D eigenvalue weighted by atomic mass is 19.1. The molecule has 4 atom stereocenters. The Morgan fingerprint density at radius 3 is 2.78 bits per heavy atom. The van der Waals surface area contributed by atoms with Crippen LogP contribution in [-0.4, -0.2) is 6.54 Å². The molecule has 0 spiro atoms. The third-order valence-corrected chi connectivity index (χ3v) is 4.47. The first-order valence-electron chi connectivity index (χ1n) is 6.90. The third-order valence-electron chi connectivity index (χ3n) is 4.47. The largest absolute Gasteiger partial charge is 0.310 e. The summed E-state index contributed by atoms with van der Waals surface area (Å²) in [5.74, 6) is 2.21. The van der Waals surface area contributed by atoms with Crippen molar-refractivity contribution in [3.05, 3.63) is 47.8 Å². The van der Waals surface area contributed by atoms with Gasteiger partial charge in [-0.15, -0.1) is 0 Å². The highest BCUT2D eigenvalue weighted by Gasteiger charge is 2.35. The van der Waals surface area contributed by atoms with E-state index in [9.17, 15) is 4.39 Å². The van der Waals surface area contributed by atoms with Crippen LogP contribution in [0.1, 0.15) is 31.4 Å². The molecule has 0 aliphatic heterocycles. The Morgan fingerprint density at radius 1 is 1.28 bits per heavy atom. The van der Waals surface area contributed by atoms with Gasteiger partial charge in [-0.05, 0) is 50.1 Å². The van der Waals surface area contributed by atoms with Gasteiger partial charge >= 0.3 is 0 Å². The number of fused-ring (bicyclic) bond motifs is 2. The van der Waals surface area contributed by atoms with E-state index in [2.05, 4.69) is 17.5 Å². The van der Waals surface area contributed by atoms with Crippen LogP contribution in [0.5, 0.6) is 0 Å². The quantitative estimate of drug-likeness (QED) is 0.798. The van der Waals surface area contributed by atoms with Crippen molar-refractivity contribution in [3.8, 4) is 0 Å². The van der Waals surface area contributed by atoms with E-state index in [1.165, 1.54) is 18.9 Å². The van der Waals surface area contributed by atoms with Crippen LogP contribution in [0.2, 0.25) is 0 Å². The zero-order valence-electron chi connectivity index (χ0n) is 10.8. The zero-order chi connectivity index (χ0) is 12.5. The number of hydrogen-bond donors (Lipinski definition) is 1. The van der Waals surface area contributed by atoms with Crippen LogP contribution in [0.3, 0.4) is 0 Å². The first-order valence-corrected chi connectivity index (χ1v) is 6.90. The molecule has 3 unspecified atom stereocenters. The SMILES string of the molecule is C[C@@H](NCC1CC2C=CC1C2)c1ccccc1F. The van der Waals surface area contributed by atoms with Crippen molar-refractivity contribution in [2.45, 2.75) is 25.8 Å². The average Bonchev–Trinajstić information content (AvgIpc) is 2.98. The van der Waals surface area contributed by atoms with Gasteiger partial charge in [0.1, 0.15) is 5.82 Å². The molecule has 2 aliphatic carbocycles. The molecule has 2 aliphatic rings. The van der Waals surface area contributed by atoms with Crippen molar-refractivity contribution in [3.63, 3.8) is 0 Å². The maximum absolute atomic E-state index is 13.6. The molecule has 1 aromatic carbocycles. The number of hydrogen-bond acceptors (Lipinski definition) is 1. The Balaban J connectivity index is 1.57. The second kappa shape index (κ2) is 4.85. The molecular formula is C16H20FN. The van der Waals surface area contributed by atoms with Gasteiger partial charge in [-0.3, -0.25) is 0 Å². The number of benzene rings is 1. The van der Waals surface area contributed by atoms with Crippen molar-refractivity contribution < 1.29 is 4.39 Å². The first kappa shape index (κ1) is 11.9. The molecule has 0 heterocycles. The summed E-state index contributed by atoms with van der Waals surface area (Å²) in [6.45, 7) is 3.04. The maximum atomic E-state index is 13.6. The second-order valence-electron chi connectivity index (χ2n) is 5.69. The minimum absolute atomic E-state index is 0.0920. The van der Waals surface area contributed by atoms with Gasteiger partial charge < -0.3 is 5.32 Å². The van der Waals surface area contributed by atoms with Crippen LogP contribution in [-0.2, 0) is 0 Å². The van der Waals surface area contributed by atoms with Crippen LogP contribution in [0.4, 0.5) is 4.39 Å². The standard InChI is InChI=1S/C16H20FN/c1-11(15-4-2-3-5-16(15)17)18-10-14-9-12-6-7-13(14)8-12/h2-7,11-14,18H,8-10H2,1H3/t11-,12?,13?,14?/m1/s1. The van der Waals surface area contributed by atoms with Gasteiger partial charge in [0.25, 0.3) is 0 Å². The topological polar surface area (TPSA) is 12.0 Å². The van der Waals surface area contributed by atoms with Crippen molar-refractivity contribution >= 4 is 0 Å². The highest BCUT2D eigenvalue weighted by Crippen LogP contribution is 2.43. The normalized spacial score (nSPS) is 30.9.